The second-order valence-electron chi connectivity index (χ2n) is 10.8. The third-order valence-corrected chi connectivity index (χ3v) is 8.58. The highest BCUT2D eigenvalue weighted by Gasteiger charge is 2.39. The maximum atomic E-state index is 15.0. The molecule has 0 fully saturated rings. The number of para-hydroxylation sites is 1. The van der Waals surface area contributed by atoms with Gasteiger partial charge in [0.1, 0.15) is 11.6 Å². The van der Waals surface area contributed by atoms with E-state index in [1.165, 1.54) is 12.1 Å². The summed E-state index contributed by atoms with van der Waals surface area (Å²) < 4.78 is 68.8. The van der Waals surface area contributed by atoms with E-state index in [9.17, 15) is 26.7 Å². The number of carbonyl (C=O) groups is 1. The number of halogens is 5. The molecule has 4 nitrogen and oxygen atoms in total. The number of hydrogen-bond acceptors (Lipinski definition) is 2. The highest BCUT2D eigenvalue weighted by Crippen LogP contribution is 2.43. The molecule has 1 aliphatic heterocycles. The van der Waals surface area contributed by atoms with Gasteiger partial charge in [-0.1, -0.05) is 37.3 Å². The molecule has 3 aromatic carbocycles. The lowest BCUT2D eigenvalue weighted by atomic mass is 9.79. The summed E-state index contributed by atoms with van der Waals surface area (Å²) in [4.78, 5) is 20.9. The van der Waals surface area contributed by atoms with Gasteiger partial charge < -0.3 is 9.88 Å². The molecule has 5 rings (SSSR count). The SMILES string of the molecule is CCC(CCC1c2[nH]c3ccccc3c2CCN1C(=O)c1ccc(C(F)(F)F)cc1F)(c1cccc(F)c1)N(C)C. The second-order valence-corrected chi connectivity index (χ2v) is 10.8. The predicted octanol–water partition coefficient (Wildman–Crippen LogP) is 7.85. The fraction of sp³-hybridized carbons (Fsp3) is 0.344. The molecule has 1 N–H and O–H groups in total. The average molecular weight is 570 g/mol. The minimum Gasteiger partial charge on any atom is -0.356 e. The van der Waals surface area contributed by atoms with E-state index in [2.05, 4.69) is 9.88 Å². The minimum absolute atomic E-state index is 0.278. The number of benzene rings is 3. The number of aromatic nitrogens is 1. The third-order valence-electron chi connectivity index (χ3n) is 8.58. The summed E-state index contributed by atoms with van der Waals surface area (Å²) in [6.45, 7) is 2.31. The van der Waals surface area contributed by atoms with Gasteiger partial charge in [-0.2, -0.15) is 13.2 Å². The molecular formula is C32H32F5N3O. The van der Waals surface area contributed by atoms with Gasteiger partial charge in [0.05, 0.1) is 17.2 Å². The Kier molecular flexibility index (Phi) is 7.68. The Morgan fingerprint density at radius 2 is 1.76 bits per heavy atom. The van der Waals surface area contributed by atoms with Crippen LogP contribution < -0.4 is 0 Å². The molecular weight excluding hydrogens is 537 g/mol. The van der Waals surface area contributed by atoms with E-state index in [0.29, 0.717) is 31.7 Å². The first kappa shape index (κ1) is 28.8. The first-order valence-electron chi connectivity index (χ1n) is 13.7. The fourth-order valence-electron chi connectivity index (χ4n) is 6.36. The molecule has 4 aromatic rings. The number of nitrogens with one attached hydrogen (secondary N) is 1. The van der Waals surface area contributed by atoms with Crippen molar-refractivity contribution in [3.8, 4) is 0 Å². The summed E-state index contributed by atoms with van der Waals surface area (Å²) in [5.74, 6) is -2.21. The maximum absolute atomic E-state index is 15.0. The van der Waals surface area contributed by atoms with E-state index >= 15 is 0 Å². The van der Waals surface area contributed by atoms with Gasteiger partial charge in [-0.05, 0) is 87.3 Å². The van der Waals surface area contributed by atoms with E-state index in [1.807, 2.05) is 51.4 Å². The smallest absolute Gasteiger partial charge is 0.356 e. The van der Waals surface area contributed by atoms with Crippen LogP contribution in [0.25, 0.3) is 10.9 Å². The van der Waals surface area contributed by atoms with Crippen LogP contribution in [-0.2, 0) is 18.1 Å². The quantitative estimate of drug-likeness (QED) is 0.230. The topological polar surface area (TPSA) is 39.3 Å². The van der Waals surface area contributed by atoms with Crippen molar-refractivity contribution in [2.75, 3.05) is 20.6 Å². The van der Waals surface area contributed by atoms with Crippen LogP contribution in [0.15, 0.2) is 66.7 Å². The minimum atomic E-state index is -4.72. The van der Waals surface area contributed by atoms with Crippen LogP contribution in [0.3, 0.4) is 0 Å². The van der Waals surface area contributed by atoms with E-state index < -0.39 is 40.6 Å². The largest absolute Gasteiger partial charge is 0.416 e. The van der Waals surface area contributed by atoms with Gasteiger partial charge in [-0.25, -0.2) is 8.78 Å². The Hall–Kier alpha value is -3.72. The molecule has 2 atom stereocenters. The zero-order valence-corrected chi connectivity index (χ0v) is 23.2. The summed E-state index contributed by atoms with van der Waals surface area (Å²) in [6.07, 6.45) is -2.55. The molecule has 0 saturated carbocycles. The molecule has 1 aliphatic rings. The lowest BCUT2D eigenvalue weighted by Gasteiger charge is -2.43. The Morgan fingerprint density at radius 3 is 2.41 bits per heavy atom. The Labute approximate surface area is 235 Å². The standard InChI is InChI=1S/C32H32F5N3O/c1-4-31(39(2)3,20-8-7-9-22(33)18-20)16-14-28-29-24(23-10-5-6-11-27(23)38-29)15-17-40(28)30(41)25-13-12-21(19-26(25)34)32(35,36)37/h5-13,18-19,28,38H,4,14-17H2,1-3H3. The average Bonchev–Trinajstić information content (AvgIpc) is 3.31. The van der Waals surface area contributed by atoms with Crippen LogP contribution in [0.5, 0.6) is 0 Å². The van der Waals surface area contributed by atoms with Crippen molar-refractivity contribution in [1.82, 2.24) is 14.8 Å². The Balaban J connectivity index is 1.56. The van der Waals surface area contributed by atoms with Gasteiger partial charge >= 0.3 is 6.18 Å². The zero-order chi connectivity index (χ0) is 29.5. The number of hydrogen-bond donors (Lipinski definition) is 1. The van der Waals surface area contributed by atoms with Crippen LogP contribution in [0.4, 0.5) is 22.0 Å². The molecule has 0 bridgehead atoms. The maximum Gasteiger partial charge on any atom is 0.416 e. The molecule has 0 saturated heterocycles. The molecule has 2 heterocycles. The number of aromatic amines is 1. The van der Waals surface area contributed by atoms with Crippen molar-refractivity contribution in [3.05, 3.63) is 106 Å². The normalized spacial score (nSPS) is 17.1. The van der Waals surface area contributed by atoms with Crippen molar-refractivity contribution < 1.29 is 26.7 Å². The van der Waals surface area contributed by atoms with Crippen molar-refractivity contribution in [1.29, 1.82) is 0 Å². The zero-order valence-electron chi connectivity index (χ0n) is 23.2. The number of amides is 1. The van der Waals surface area contributed by atoms with Gasteiger partial charge in [0, 0.05) is 28.7 Å². The summed E-state index contributed by atoms with van der Waals surface area (Å²) in [7, 11) is 3.87. The molecule has 0 spiro atoms. The third kappa shape index (κ3) is 5.23. The van der Waals surface area contributed by atoms with Crippen molar-refractivity contribution in [2.24, 2.45) is 0 Å². The molecule has 1 amide bonds. The highest BCUT2D eigenvalue weighted by molar-refractivity contribution is 5.95. The van der Waals surface area contributed by atoms with E-state index in [0.717, 1.165) is 39.9 Å². The molecule has 0 aliphatic carbocycles. The van der Waals surface area contributed by atoms with Gasteiger partial charge in [-0.15, -0.1) is 0 Å². The molecule has 0 radical (unpaired) electrons. The highest BCUT2D eigenvalue weighted by atomic mass is 19.4. The summed E-state index contributed by atoms with van der Waals surface area (Å²) in [5, 5.41) is 1.04. The number of H-pyrrole nitrogens is 1. The lowest BCUT2D eigenvalue weighted by molar-refractivity contribution is -0.137. The summed E-state index contributed by atoms with van der Waals surface area (Å²) in [5.41, 5.74) is 1.53. The van der Waals surface area contributed by atoms with Crippen LogP contribution in [0.1, 0.15) is 65.0 Å². The van der Waals surface area contributed by atoms with Crippen LogP contribution in [0.2, 0.25) is 0 Å². The second kappa shape index (κ2) is 10.9. The molecule has 9 heteroatoms. The van der Waals surface area contributed by atoms with E-state index in [1.54, 1.807) is 11.0 Å². The first-order valence-corrected chi connectivity index (χ1v) is 13.7. The van der Waals surface area contributed by atoms with Crippen molar-refractivity contribution in [3.63, 3.8) is 0 Å². The van der Waals surface area contributed by atoms with Crippen LogP contribution in [-0.4, -0.2) is 41.3 Å². The van der Waals surface area contributed by atoms with Crippen molar-refractivity contribution >= 4 is 16.8 Å². The summed E-state index contributed by atoms with van der Waals surface area (Å²) >= 11 is 0. The van der Waals surface area contributed by atoms with Crippen LogP contribution in [0, 0.1) is 11.6 Å². The van der Waals surface area contributed by atoms with Crippen molar-refractivity contribution in [2.45, 2.75) is 50.4 Å². The van der Waals surface area contributed by atoms with Gasteiger partial charge in [0.2, 0.25) is 0 Å². The number of alkyl halides is 3. The lowest BCUT2D eigenvalue weighted by Crippen LogP contribution is -2.44. The monoisotopic (exact) mass is 569 g/mol. The molecule has 41 heavy (non-hydrogen) atoms. The van der Waals surface area contributed by atoms with Gasteiger partial charge in [0.25, 0.3) is 5.91 Å². The molecule has 216 valence electrons. The van der Waals surface area contributed by atoms with E-state index in [4.69, 9.17) is 0 Å². The van der Waals surface area contributed by atoms with Gasteiger partial charge in [0.15, 0.2) is 0 Å². The fourth-order valence-corrected chi connectivity index (χ4v) is 6.36. The predicted molar refractivity (Wildman–Crippen MR) is 148 cm³/mol. The Bertz CT molecular complexity index is 1580. The first-order chi connectivity index (χ1) is 19.5. The summed E-state index contributed by atoms with van der Waals surface area (Å²) in [6, 6.07) is 15.8. The number of nitrogens with zero attached hydrogens (tertiary/aromatic N) is 2. The van der Waals surface area contributed by atoms with Crippen LogP contribution >= 0.6 is 0 Å². The molecule has 1 aromatic heterocycles. The van der Waals surface area contributed by atoms with E-state index in [-0.39, 0.29) is 12.4 Å². The Morgan fingerprint density at radius 1 is 1.00 bits per heavy atom. The number of rotatable bonds is 7. The van der Waals surface area contributed by atoms with Gasteiger partial charge in [-0.3, -0.25) is 9.69 Å². The number of fused-ring (bicyclic) bond motifs is 3. The number of carbonyl (C=O) groups excluding carboxylic acids is 1. The molecule has 2 unspecified atom stereocenters.